The van der Waals surface area contributed by atoms with E-state index in [0.29, 0.717) is 12.1 Å². The number of hydrogen-bond acceptors (Lipinski definition) is 4. The molecule has 1 heterocycles. The lowest BCUT2D eigenvalue weighted by Gasteiger charge is -2.09. The molecule has 0 aliphatic rings. The average molecular weight is 389 g/mol. The molecule has 3 aromatic rings. The topological polar surface area (TPSA) is 68.5 Å². The molecule has 0 saturated carbocycles. The zero-order chi connectivity index (χ0) is 20.1. The van der Waals surface area contributed by atoms with Crippen LogP contribution in [0.15, 0.2) is 64.2 Å². The van der Waals surface area contributed by atoms with E-state index in [2.05, 4.69) is 5.32 Å². The summed E-state index contributed by atoms with van der Waals surface area (Å²) in [5.74, 6) is -4.47. The van der Waals surface area contributed by atoms with Gasteiger partial charge in [0.1, 0.15) is 42.1 Å². The Morgan fingerprint density at radius 1 is 1.04 bits per heavy atom. The first-order valence-corrected chi connectivity index (χ1v) is 8.14. The molecule has 2 aromatic carbocycles. The van der Waals surface area contributed by atoms with E-state index >= 15 is 0 Å². The fraction of sp³-hybridized carbons (Fsp3) is 0.100. The van der Waals surface area contributed by atoms with Gasteiger partial charge in [-0.25, -0.2) is 13.2 Å². The predicted octanol–water partition coefficient (Wildman–Crippen LogP) is 3.57. The van der Waals surface area contributed by atoms with Gasteiger partial charge < -0.3 is 14.5 Å². The van der Waals surface area contributed by atoms with Crippen LogP contribution >= 0.6 is 0 Å². The molecule has 3 rings (SSSR count). The van der Waals surface area contributed by atoms with E-state index in [1.165, 1.54) is 0 Å². The van der Waals surface area contributed by atoms with Gasteiger partial charge >= 0.3 is 0 Å². The monoisotopic (exact) mass is 389 g/mol. The summed E-state index contributed by atoms with van der Waals surface area (Å²) in [6, 6.07) is 10.0. The molecule has 0 spiro atoms. The van der Waals surface area contributed by atoms with Crippen molar-refractivity contribution in [3.8, 4) is 5.75 Å². The maximum atomic E-state index is 13.6. The molecule has 8 heteroatoms. The molecule has 28 heavy (non-hydrogen) atoms. The Balaban J connectivity index is 1.71. The van der Waals surface area contributed by atoms with Crippen molar-refractivity contribution >= 4 is 5.91 Å². The Bertz CT molecular complexity index is 1030. The second-order valence-corrected chi connectivity index (χ2v) is 5.78. The minimum atomic E-state index is -1.15. The molecule has 1 N–H and O–H groups in total. The van der Waals surface area contributed by atoms with Gasteiger partial charge in [-0.2, -0.15) is 0 Å². The third-order valence-electron chi connectivity index (χ3n) is 3.84. The maximum Gasteiger partial charge on any atom is 0.258 e. The van der Waals surface area contributed by atoms with Gasteiger partial charge in [0, 0.05) is 24.2 Å². The molecular formula is C20H14F3NO4. The summed E-state index contributed by atoms with van der Waals surface area (Å²) in [4.78, 5) is 24.6. The lowest BCUT2D eigenvalue weighted by atomic mass is 10.2. The Labute approximate surface area is 157 Å². The predicted molar refractivity (Wildman–Crippen MR) is 93.2 cm³/mol. The fourth-order valence-corrected chi connectivity index (χ4v) is 2.40. The minimum absolute atomic E-state index is 0.0860. The van der Waals surface area contributed by atoms with E-state index in [1.54, 1.807) is 24.3 Å². The van der Waals surface area contributed by atoms with E-state index in [9.17, 15) is 22.8 Å². The molecule has 1 aromatic heterocycles. The molecule has 1 amide bonds. The highest BCUT2D eigenvalue weighted by molar-refractivity contribution is 5.93. The van der Waals surface area contributed by atoms with Crippen molar-refractivity contribution in [3.63, 3.8) is 0 Å². The smallest absolute Gasteiger partial charge is 0.258 e. The van der Waals surface area contributed by atoms with Crippen LogP contribution in [0.2, 0.25) is 0 Å². The average Bonchev–Trinajstić information content (AvgIpc) is 2.67. The number of hydrogen-bond donors (Lipinski definition) is 1. The van der Waals surface area contributed by atoms with Crippen LogP contribution < -0.4 is 15.5 Å². The van der Waals surface area contributed by atoms with Crippen LogP contribution in [-0.2, 0) is 13.2 Å². The fourth-order valence-electron chi connectivity index (χ4n) is 2.40. The number of carbonyl (C=O) groups excluding carboxylic acids is 1. The number of halogens is 3. The standard InChI is InChI=1S/C20H14F3NO4/c21-13-6-16(22)14(17(23)7-13)8-24-20(26)15-10-27-11-18(19(15)25)28-9-12-4-2-1-3-5-12/h1-7,10-11H,8-9H2,(H,24,26). The molecule has 0 saturated heterocycles. The Morgan fingerprint density at radius 2 is 1.71 bits per heavy atom. The number of amides is 1. The Kier molecular flexibility index (Phi) is 5.78. The SMILES string of the molecule is O=C(NCc1c(F)cc(F)cc1F)c1cocc(OCc2ccccc2)c1=O. The Hall–Kier alpha value is -3.55. The third-order valence-corrected chi connectivity index (χ3v) is 3.84. The summed E-state index contributed by atoms with van der Waals surface area (Å²) < 4.78 is 50.5. The van der Waals surface area contributed by atoms with Crippen LogP contribution in [0.25, 0.3) is 0 Å². The summed E-state index contributed by atoms with van der Waals surface area (Å²) in [5, 5.41) is 2.20. The Morgan fingerprint density at radius 3 is 2.39 bits per heavy atom. The van der Waals surface area contributed by atoms with Crippen molar-refractivity contribution in [1.29, 1.82) is 0 Å². The lowest BCUT2D eigenvalue weighted by Crippen LogP contribution is -2.29. The number of benzene rings is 2. The summed E-state index contributed by atoms with van der Waals surface area (Å²) in [5.41, 5.74) is -0.858. The van der Waals surface area contributed by atoms with E-state index in [4.69, 9.17) is 9.15 Å². The quantitative estimate of drug-likeness (QED) is 0.700. The summed E-state index contributed by atoms with van der Waals surface area (Å²) in [6.07, 6.45) is 1.96. The van der Waals surface area contributed by atoms with Crippen LogP contribution in [0.5, 0.6) is 5.75 Å². The first kappa shape index (κ1) is 19.2. The first-order chi connectivity index (χ1) is 13.5. The number of nitrogens with one attached hydrogen (secondary N) is 1. The number of ether oxygens (including phenoxy) is 1. The highest BCUT2D eigenvalue weighted by Crippen LogP contribution is 2.15. The number of rotatable bonds is 6. The molecule has 0 radical (unpaired) electrons. The van der Waals surface area contributed by atoms with Crippen molar-refractivity contribution < 1.29 is 27.1 Å². The number of carbonyl (C=O) groups is 1. The third kappa shape index (κ3) is 4.40. The summed E-state index contributed by atoms with van der Waals surface area (Å²) in [7, 11) is 0. The van der Waals surface area contributed by atoms with Gasteiger partial charge in [-0.3, -0.25) is 9.59 Å². The van der Waals surface area contributed by atoms with E-state index in [-0.39, 0.29) is 12.4 Å². The molecule has 0 bridgehead atoms. The van der Waals surface area contributed by atoms with Gasteiger partial charge in [0.15, 0.2) is 0 Å². The van der Waals surface area contributed by atoms with Gasteiger partial charge in [0.25, 0.3) is 5.91 Å². The molecule has 0 aliphatic carbocycles. The highest BCUT2D eigenvalue weighted by Gasteiger charge is 2.18. The van der Waals surface area contributed by atoms with Crippen LogP contribution in [0.4, 0.5) is 13.2 Å². The van der Waals surface area contributed by atoms with Gasteiger partial charge in [-0.05, 0) is 5.56 Å². The second-order valence-electron chi connectivity index (χ2n) is 5.78. The van der Waals surface area contributed by atoms with E-state index in [1.807, 2.05) is 6.07 Å². The highest BCUT2D eigenvalue weighted by atomic mass is 19.1. The molecule has 0 atom stereocenters. The molecular weight excluding hydrogens is 375 g/mol. The van der Waals surface area contributed by atoms with Crippen molar-refractivity contribution in [3.05, 3.63) is 99.4 Å². The van der Waals surface area contributed by atoms with Gasteiger partial charge in [0.05, 0.1) is 0 Å². The van der Waals surface area contributed by atoms with Crippen molar-refractivity contribution in [1.82, 2.24) is 5.32 Å². The van der Waals surface area contributed by atoms with Gasteiger partial charge in [-0.15, -0.1) is 0 Å². The molecule has 144 valence electrons. The zero-order valence-corrected chi connectivity index (χ0v) is 14.4. The van der Waals surface area contributed by atoms with Gasteiger partial charge in [0.2, 0.25) is 11.2 Å². The first-order valence-electron chi connectivity index (χ1n) is 8.14. The van der Waals surface area contributed by atoms with Crippen LogP contribution in [0, 0.1) is 17.5 Å². The normalized spacial score (nSPS) is 10.5. The van der Waals surface area contributed by atoms with E-state index < -0.39 is 46.5 Å². The lowest BCUT2D eigenvalue weighted by molar-refractivity contribution is 0.0946. The van der Waals surface area contributed by atoms with Crippen molar-refractivity contribution in [2.24, 2.45) is 0 Å². The van der Waals surface area contributed by atoms with Crippen LogP contribution in [0.3, 0.4) is 0 Å². The van der Waals surface area contributed by atoms with Crippen LogP contribution in [-0.4, -0.2) is 5.91 Å². The summed E-state index contributed by atoms with van der Waals surface area (Å²) >= 11 is 0. The maximum absolute atomic E-state index is 13.6. The molecule has 0 aliphatic heterocycles. The van der Waals surface area contributed by atoms with Crippen molar-refractivity contribution in [2.75, 3.05) is 0 Å². The van der Waals surface area contributed by atoms with Crippen LogP contribution in [0.1, 0.15) is 21.5 Å². The molecule has 0 fully saturated rings. The largest absolute Gasteiger partial charge is 0.482 e. The van der Waals surface area contributed by atoms with E-state index in [0.717, 1.165) is 18.1 Å². The zero-order valence-electron chi connectivity index (χ0n) is 14.4. The molecule has 0 unspecified atom stereocenters. The summed E-state index contributed by atoms with van der Waals surface area (Å²) in [6.45, 7) is -0.492. The second kappa shape index (κ2) is 8.43. The van der Waals surface area contributed by atoms with Crippen molar-refractivity contribution in [2.45, 2.75) is 13.2 Å². The molecule has 5 nitrogen and oxygen atoms in total. The minimum Gasteiger partial charge on any atom is -0.482 e. The van der Waals surface area contributed by atoms with Gasteiger partial charge in [-0.1, -0.05) is 30.3 Å².